The van der Waals surface area contributed by atoms with E-state index in [4.69, 9.17) is 0 Å². The predicted molar refractivity (Wildman–Crippen MR) is 83.9 cm³/mol. The largest absolute Gasteiger partial charge is 0.336 e. The first-order chi connectivity index (χ1) is 10.1. The highest BCUT2D eigenvalue weighted by Crippen LogP contribution is 2.20. The Morgan fingerprint density at radius 3 is 2.57 bits per heavy atom. The molecular formula is C17H22N2O2. The van der Waals surface area contributed by atoms with Crippen molar-refractivity contribution in [3.05, 3.63) is 42.0 Å². The van der Waals surface area contributed by atoms with Gasteiger partial charge in [0.05, 0.1) is 6.54 Å². The Hall–Kier alpha value is -2.10. The van der Waals surface area contributed by atoms with Crippen molar-refractivity contribution in [3.63, 3.8) is 0 Å². The average molecular weight is 286 g/mol. The van der Waals surface area contributed by atoms with E-state index >= 15 is 0 Å². The summed E-state index contributed by atoms with van der Waals surface area (Å²) in [4.78, 5) is 25.7. The van der Waals surface area contributed by atoms with E-state index in [1.54, 1.807) is 7.05 Å². The number of carbonyl (C=O) groups excluding carboxylic acids is 2. The van der Waals surface area contributed by atoms with Crippen LogP contribution in [0.5, 0.6) is 0 Å². The van der Waals surface area contributed by atoms with Crippen molar-refractivity contribution in [2.45, 2.75) is 26.2 Å². The van der Waals surface area contributed by atoms with Gasteiger partial charge in [0.2, 0.25) is 11.8 Å². The number of nitrogens with zero attached hydrogens (tertiary/aromatic N) is 1. The van der Waals surface area contributed by atoms with Crippen molar-refractivity contribution in [2.75, 3.05) is 18.9 Å². The smallest absolute Gasteiger partial charge is 0.243 e. The van der Waals surface area contributed by atoms with Crippen LogP contribution in [0, 0.1) is 12.8 Å². The van der Waals surface area contributed by atoms with Crippen LogP contribution in [-0.2, 0) is 9.59 Å². The predicted octanol–water partition coefficient (Wildman–Crippen LogP) is 2.75. The summed E-state index contributed by atoms with van der Waals surface area (Å²) in [6.45, 7) is 2.09. The summed E-state index contributed by atoms with van der Waals surface area (Å²) in [5.41, 5.74) is 1.90. The molecule has 1 aliphatic rings. The van der Waals surface area contributed by atoms with E-state index < -0.39 is 0 Å². The SMILES string of the molecule is Cc1ccc(NC(=O)CN(C)C(=O)[C@H]2CC=CCC2)cc1. The third kappa shape index (κ3) is 4.45. The lowest BCUT2D eigenvalue weighted by molar-refractivity contribution is -0.137. The van der Waals surface area contributed by atoms with Crippen LogP contribution in [-0.4, -0.2) is 30.3 Å². The number of hydrogen-bond acceptors (Lipinski definition) is 2. The molecular weight excluding hydrogens is 264 g/mol. The van der Waals surface area contributed by atoms with E-state index in [0.29, 0.717) is 0 Å². The van der Waals surface area contributed by atoms with Crippen molar-refractivity contribution in [1.29, 1.82) is 0 Å². The Kier molecular flexibility index (Phi) is 5.14. The molecule has 1 N–H and O–H groups in total. The summed E-state index contributed by atoms with van der Waals surface area (Å²) in [7, 11) is 1.69. The van der Waals surface area contributed by atoms with Crippen LogP contribution in [0.1, 0.15) is 24.8 Å². The monoisotopic (exact) mass is 286 g/mol. The maximum absolute atomic E-state index is 12.2. The molecule has 2 amide bonds. The Morgan fingerprint density at radius 1 is 1.24 bits per heavy atom. The van der Waals surface area contributed by atoms with E-state index in [0.717, 1.165) is 30.5 Å². The van der Waals surface area contributed by atoms with Gasteiger partial charge in [-0.3, -0.25) is 9.59 Å². The minimum Gasteiger partial charge on any atom is -0.336 e. The van der Waals surface area contributed by atoms with Gasteiger partial charge in [0.15, 0.2) is 0 Å². The second-order valence-corrected chi connectivity index (χ2v) is 5.59. The van der Waals surface area contributed by atoms with Crippen LogP contribution >= 0.6 is 0 Å². The van der Waals surface area contributed by atoms with Crippen LogP contribution < -0.4 is 5.32 Å². The molecule has 0 fully saturated rings. The first-order valence-electron chi connectivity index (χ1n) is 7.33. The van der Waals surface area contributed by atoms with E-state index in [1.807, 2.05) is 37.3 Å². The fourth-order valence-corrected chi connectivity index (χ4v) is 2.46. The normalized spacial score (nSPS) is 17.3. The minimum absolute atomic E-state index is 0.0205. The number of hydrogen-bond donors (Lipinski definition) is 1. The first kappa shape index (κ1) is 15.3. The summed E-state index contributed by atoms with van der Waals surface area (Å²) in [5.74, 6) is -0.0911. The van der Waals surface area contributed by atoms with Crippen molar-refractivity contribution in [2.24, 2.45) is 5.92 Å². The molecule has 2 rings (SSSR count). The van der Waals surface area contributed by atoms with Crippen molar-refractivity contribution in [3.8, 4) is 0 Å². The third-order valence-electron chi connectivity index (χ3n) is 3.71. The van der Waals surface area contributed by atoms with Crippen LogP contribution in [0.4, 0.5) is 5.69 Å². The van der Waals surface area contributed by atoms with E-state index in [-0.39, 0.29) is 24.3 Å². The summed E-state index contributed by atoms with van der Waals surface area (Å²) in [5, 5.41) is 2.81. The Bertz CT molecular complexity index is 534. The Labute approximate surface area is 125 Å². The number of anilines is 1. The Balaban J connectivity index is 1.85. The maximum atomic E-state index is 12.2. The van der Waals surface area contributed by atoms with Crippen molar-refractivity contribution in [1.82, 2.24) is 4.90 Å². The Morgan fingerprint density at radius 2 is 1.95 bits per heavy atom. The number of aryl methyl sites for hydroxylation is 1. The highest BCUT2D eigenvalue weighted by atomic mass is 16.2. The molecule has 0 unspecified atom stereocenters. The van der Waals surface area contributed by atoms with Crippen molar-refractivity contribution >= 4 is 17.5 Å². The molecule has 4 nitrogen and oxygen atoms in total. The lowest BCUT2D eigenvalue weighted by Crippen LogP contribution is -2.38. The molecule has 0 saturated heterocycles. The highest BCUT2D eigenvalue weighted by molar-refractivity contribution is 5.94. The van der Waals surface area contributed by atoms with Gasteiger partial charge in [-0.15, -0.1) is 0 Å². The maximum Gasteiger partial charge on any atom is 0.243 e. The summed E-state index contributed by atoms with van der Waals surface area (Å²) >= 11 is 0. The fraction of sp³-hybridized carbons (Fsp3) is 0.412. The lowest BCUT2D eigenvalue weighted by Gasteiger charge is -2.24. The van der Waals surface area contributed by atoms with Crippen LogP contribution in [0.25, 0.3) is 0 Å². The third-order valence-corrected chi connectivity index (χ3v) is 3.71. The molecule has 1 aliphatic carbocycles. The number of allylic oxidation sites excluding steroid dienone is 2. The molecule has 21 heavy (non-hydrogen) atoms. The fourth-order valence-electron chi connectivity index (χ4n) is 2.46. The van der Waals surface area contributed by atoms with Crippen LogP contribution in [0.15, 0.2) is 36.4 Å². The van der Waals surface area contributed by atoms with Gasteiger partial charge in [-0.25, -0.2) is 0 Å². The molecule has 0 aromatic heterocycles. The second-order valence-electron chi connectivity index (χ2n) is 5.59. The average Bonchev–Trinajstić information content (AvgIpc) is 2.49. The van der Waals surface area contributed by atoms with E-state index in [1.165, 1.54) is 4.90 Å². The summed E-state index contributed by atoms with van der Waals surface area (Å²) in [6.07, 6.45) is 6.75. The zero-order valence-electron chi connectivity index (χ0n) is 12.6. The number of benzene rings is 1. The zero-order chi connectivity index (χ0) is 15.2. The summed E-state index contributed by atoms with van der Waals surface area (Å²) < 4.78 is 0. The molecule has 0 heterocycles. The van der Waals surface area contributed by atoms with Gasteiger partial charge in [-0.1, -0.05) is 29.8 Å². The molecule has 4 heteroatoms. The van der Waals surface area contributed by atoms with Gasteiger partial charge < -0.3 is 10.2 Å². The van der Waals surface area contributed by atoms with Gasteiger partial charge >= 0.3 is 0 Å². The zero-order valence-corrected chi connectivity index (χ0v) is 12.6. The van der Waals surface area contributed by atoms with Crippen LogP contribution in [0.2, 0.25) is 0 Å². The molecule has 112 valence electrons. The number of likely N-dealkylation sites (N-methyl/N-ethyl adjacent to an activating group) is 1. The van der Waals surface area contributed by atoms with Gasteiger partial charge in [0.25, 0.3) is 0 Å². The second kappa shape index (κ2) is 7.07. The molecule has 0 radical (unpaired) electrons. The first-order valence-corrected chi connectivity index (χ1v) is 7.33. The van der Waals surface area contributed by atoms with Gasteiger partial charge in [0.1, 0.15) is 0 Å². The molecule has 1 aromatic rings. The highest BCUT2D eigenvalue weighted by Gasteiger charge is 2.23. The lowest BCUT2D eigenvalue weighted by atomic mass is 9.93. The topological polar surface area (TPSA) is 49.4 Å². The standard InChI is InChI=1S/C17H22N2O2/c1-13-8-10-15(11-9-13)18-16(20)12-19(2)17(21)14-6-4-3-5-7-14/h3-4,8-11,14H,5-7,12H2,1-2H3,(H,18,20)/t14-/m0/s1. The quantitative estimate of drug-likeness (QED) is 0.865. The summed E-state index contributed by atoms with van der Waals surface area (Å²) in [6, 6.07) is 7.61. The number of nitrogens with one attached hydrogen (secondary N) is 1. The number of rotatable bonds is 4. The van der Waals surface area contributed by atoms with Crippen molar-refractivity contribution < 1.29 is 9.59 Å². The minimum atomic E-state index is -0.166. The number of carbonyl (C=O) groups is 2. The van der Waals surface area contributed by atoms with E-state index in [9.17, 15) is 9.59 Å². The van der Waals surface area contributed by atoms with Gasteiger partial charge in [-0.2, -0.15) is 0 Å². The molecule has 0 bridgehead atoms. The number of amides is 2. The molecule has 1 atom stereocenters. The molecule has 0 aliphatic heterocycles. The molecule has 1 aromatic carbocycles. The van der Waals surface area contributed by atoms with Gasteiger partial charge in [-0.05, 0) is 38.3 Å². The van der Waals surface area contributed by atoms with Gasteiger partial charge in [0, 0.05) is 18.7 Å². The molecule has 0 saturated carbocycles. The van der Waals surface area contributed by atoms with E-state index in [2.05, 4.69) is 11.4 Å². The van der Waals surface area contributed by atoms with Crippen LogP contribution in [0.3, 0.4) is 0 Å². The molecule has 0 spiro atoms.